The summed E-state index contributed by atoms with van der Waals surface area (Å²) in [6.45, 7) is 8.25. The number of nitrogens with zero attached hydrogens (tertiary/aromatic N) is 1. The Labute approximate surface area is 132 Å². The number of piperidine rings is 1. The minimum absolute atomic E-state index is 0.119. The van der Waals surface area contributed by atoms with Crippen LogP contribution < -0.4 is 0 Å². The van der Waals surface area contributed by atoms with Crippen LogP contribution >= 0.6 is 11.8 Å². The summed E-state index contributed by atoms with van der Waals surface area (Å²) in [5.41, 5.74) is 0.407. The summed E-state index contributed by atoms with van der Waals surface area (Å²) >= 11 is 1.91. The first kappa shape index (κ1) is 15.4. The monoisotopic (exact) mass is 309 g/mol. The van der Waals surface area contributed by atoms with Gasteiger partial charge >= 0.3 is 0 Å². The van der Waals surface area contributed by atoms with Gasteiger partial charge in [-0.05, 0) is 41.9 Å². The SMILES string of the molecule is CC1(C)CCN(C(=O)C2C=C(C3CCOCC3)SC2)CC1. The smallest absolute Gasteiger partial charge is 0.230 e. The molecule has 21 heavy (non-hydrogen) atoms. The Morgan fingerprint density at radius 3 is 2.62 bits per heavy atom. The van der Waals surface area contributed by atoms with Gasteiger partial charge in [-0.15, -0.1) is 11.8 Å². The maximum atomic E-state index is 12.7. The highest BCUT2D eigenvalue weighted by atomic mass is 32.2. The third-order valence-electron chi connectivity index (χ3n) is 5.16. The van der Waals surface area contributed by atoms with Crippen molar-refractivity contribution in [2.75, 3.05) is 32.1 Å². The predicted molar refractivity (Wildman–Crippen MR) is 87.2 cm³/mol. The molecule has 1 atom stereocenters. The van der Waals surface area contributed by atoms with Crippen molar-refractivity contribution >= 4 is 17.7 Å². The van der Waals surface area contributed by atoms with E-state index < -0.39 is 0 Å². The van der Waals surface area contributed by atoms with Crippen LogP contribution in [0.5, 0.6) is 0 Å². The molecule has 3 heterocycles. The van der Waals surface area contributed by atoms with Gasteiger partial charge in [0.1, 0.15) is 0 Å². The largest absolute Gasteiger partial charge is 0.381 e. The second-order valence-corrected chi connectivity index (χ2v) is 8.46. The third-order valence-corrected chi connectivity index (χ3v) is 6.49. The lowest BCUT2D eigenvalue weighted by Crippen LogP contribution is -2.43. The van der Waals surface area contributed by atoms with Gasteiger partial charge in [0.15, 0.2) is 0 Å². The number of hydrogen-bond acceptors (Lipinski definition) is 3. The van der Waals surface area contributed by atoms with Gasteiger partial charge in [-0.25, -0.2) is 0 Å². The van der Waals surface area contributed by atoms with E-state index in [1.54, 1.807) is 0 Å². The van der Waals surface area contributed by atoms with Crippen LogP contribution in [0.4, 0.5) is 0 Å². The molecule has 0 radical (unpaired) electrons. The number of ether oxygens (including phenoxy) is 1. The summed E-state index contributed by atoms with van der Waals surface area (Å²) in [7, 11) is 0. The molecular weight excluding hydrogens is 282 g/mol. The molecular formula is C17H27NO2S. The van der Waals surface area contributed by atoms with Crippen molar-refractivity contribution in [1.82, 2.24) is 4.90 Å². The zero-order valence-corrected chi connectivity index (χ0v) is 14.1. The average Bonchev–Trinajstić information content (AvgIpc) is 2.97. The zero-order chi connectivity index (χ0) is 14.9. The van der Waals surface area contributed by atoms with E-state index in [0.29, 0.717) is 17.2 Å². The van der Waals surface area contributed by atoms with E-state index in [1.165, 1.54) is 4.91 Å². The Morgan fingerprint density at radius 2 is 1.95 bits per heavy atom. The van der Waals surface area contributed by atoms with Gasteiger partial charge < -0.3 is 9.64 Å². The van der Waals surface area contributed by atoms with Crippen molar-refractivity contribution in [3.05, 3.63) is 11.0 Å². The van der Waals surface area contributed by atoms with Crippen molar-refractivity contribution in [2.24, 2.45) is 17.3 Å². The third kappa shape index (κ3) is 3.65. The van der Waals surface area contributed by atoms with Crippen LogP contribution in [-0.4, -0.2) is 42.9 Å². The predicted octanol–water partition coefficient (Wildman–Crippen LogP) is 3.31. The molecule has 1 amide bonds. The second-order valence-electron chi connectivity index (χ2n) is 7.36. The molecule has 0 aromatic rings. The molecule has 3 nitrogen and oxygen atoms in total. The van der Waals surface area contributed by atoms with Gasteiger partial charge in [0.25, 0.3) is 0 Å². The Morgan fingerprint density at radius 1 is 1.29 bits per heavy atom. The molecule has 0 bridgehead atoms. The Hall–Kier alpha value is -0.480. The Bertz CT molecular complexity index is 417. The van der Waals surface area contributed by atoms with Gasteiger partial charge in [0.05, 0.1) is 5.92 Å². The summed E-state index contributed by atoms with van der Waals surface area (Å²) in [6.07, 6.45) is 6.78. The number of rotatable bonds is 2. The lowest BCUT2D eigenvalue weighted by Gasteiger charge is -2.37. The first-order valence-electron chi connectivity index (χ1n) is 8.26. The van der Waals surface area contributed by atoms with Crippen LogP contribution in [0.1, 0.15) is 39.5 Å². The van der Waals surface area contributed by atoms with Crippen molar-refractivity contribution in [3.8, 4) is 0 Å². The molecule has 0 aliphatic carbocycles. The highest BCUT2D eigenvalue weighted by Gasteiger charge is 2.34. The lowest BCUT2D eigenvalue weighted by molar-refractivity contribution is -0.135. The van der Waals surface area contributed by atoms with Crippen LogP contribution in [0.3, 0.4) is 0 Å². The van der Waals surface area contributed by atoms with Crippen LogP contribution in [0.2, 0.25) is 0 Å². The zero-order valence-electron chi connectivity index (χ0n) is 13.3. The first-order chi connectivity index (χ1) is 10.1. The molecule has 0 aromatic carbocycles. The van der Waals surface area contributed by atoms with E-state index in [2.05, 4.69) is 24.8 Å². The first-order valence-corrected chi connectivity index (χ1v) is 9.25. The standard InChI is InChI=1S/C17H27NO2S/c1-17(2)5-7-18(8-6-17)16(19)14-11-15(21-12-14)13-3-9-20-10-4-13/h11,13-14H,3-10,12H2,1-2H3. The van der Waals surface area contributed by atoms with Gasteiger partial charge in [-0.1, -0.05) is 19.9 Å². The lowest BCUT2D eigenvalue weighted by atomic mass is 9.82. The number of thioether (sulfide) groups is 1. The summed E-state index contributed by atoms with van der Waals surface area (Å²) in [6, 6.07) is 0. The number of carbonyl (C=O) groups excluding carboxylic acids is 1. The van der Waals surface area contributed by atoms with Gasteiger partial charge in [0, 0.05) is 32.1 Å². The summed E-state index contributed by atoms with van der Waals surface area (Å²) in [4.78, 5) is 16.2. The molecule has 1 unspecified atom stereocenters. The van der Waals surface area contributed by atoms with E-state index in [4.69, 9.17) is 4.74 Å². The highest BCUT2D eigenvalue weighted by molar-refractivity contribution is 8.03. The molecule has 2 saturated heterocycles. The molecule has 3 aliphatic rings. The molecule has 2 fully saturated rings. The van der Waals surface area contributed by atoms with Crippen LogP contribution in [0.25, 0.3) is 0 Å². The minimum Gasteiger partial charge on any atom is -0.381 e. The van der Waals surface area contributed by atoms with E-state index in [-0.39, 0.29) is 5.92 Å². The quantitative estimate of drug-likeness (QED) is 0.784. The van der Waals surface area contributed by atoms with Gasteiger partial charge in [-0.3, -0.25) is 4.79 Å². The highest BCUT2D eigenvalue weighted by Crippen LogP contribution is 2.40. The number of allylic oxidation sites excluding steroid dienone is 1. The molecule has 0 aromatic heterocycles. The molecule has 0 N–H and O–H groups in total. The number of likely N-dealkylation sites (tertiary alicyclic amines) is 1. The van der Waals surface area contributed by atoms with Gasteiger partial charge in [0.2, 0.25) is 5.91 Å². The average molecular weight is 309 g/mol. The van der Waals surface area contributed by atoms with Crippen molar-refractivity contribution in [1.29, 1.82) is 0 Å². The summed E-state index contributed by atoms with van der Waals surface area (Å²) in [5.74, 6) is 2.07. The second kappa shape index (κ2) is 6.33. The molecule has 118 valence electrons. The minimum atomic E-state index is 0.119. The molecule has 3 aliphatic heterocycles. The van der Waals surface area contributed by atoms with E-state index in [9.17, 15) is 4.79 Å². The van der Waals surface area contributed by atoms with Crippen LogP contribution in [0, 0.1) is 17.3 Å². The van der Waals surface area contributed by atoms with E-state index >= 15 is 0 Å². The molecule has 0 saturated carbocycles. The van der Waals surface area contributed by atoms with Crippen molar-refractivity contribution in [3.63, 3.8) is 0 Å². The summed E-state index contributed by atoms with van der Waals surface area (Å²) in [5, 5.41) is 0. The van der Waals surface area contributed by atoms with Crippen molar-refractivity contribution in [2.45, 2.75) is 39.5 Å². The van der Waals surface area contributed by atoms with Gasteiger partial charge in [-0.2, -0.15) is 0 Å². The van der Waals surface area contributed by atoms with Crippen molar-refractivity contribution < 1.29 is 9.53 Å². The van der Waals surface area contributed by atoms with Crippen LogP contribution in [-0.2, 0) is 9.53 Å². The Kier molecular flexibility index (Phi) is 4.65. The summed E-state index contributed by atoms with van der Waals surface area (Å²) < 4.78 is 5.44. The number of carbonyl (C=O) groups is 1. The fraction of sp³-hybridized carbons (Fsp3) is 0.824. The maximum absolute atomic E-state index is 12.7. The molecule has 3 rings (SSSR count). The Balaban J connectivity index is 1.57. The fourth-order valence-electron chi connectivity index (χ4n) is 3.43. The topological polar surface area (TPSA) is 29.5 Å². The van der Waals surface area contributed by atoms with Crippen LogP contribution in [0.15, 0.2) is 11.0 Å². The van der Waals surface area contributed by atoms with E-state index in [0.717, 1.165) is 57.7 Å². The maximum Gasteiger partial charge on any atom is 0.230 e. The molecule has 0 spiro atoms. The molecule has 4 heteroatoms. The fourth-order valence-corrected chi connectivity index (χ4v) is 4.77. The van der Waals surface area contributed by atoms with E-state index in [1.807, 2.05) is 11.8 Å². The number of amides is 1. The normalized spacial score (nSPS) is 30.3. The number of hydrogen-bond donors (Lipinski definition) is 0.